The van der Waals surface area contributed by atoms with E-state index in [1.807, 2.05) is 24.1 Å². The quantitative estimate of drug-likeness (QED) is 0.0263. The van der Waals surface area contributed by atoms with E-state index in [9.17, 15) is 46.3 Å². The van der Waals surface area contributed by atoms with Crippen LogP contribution in [-0.2, 0) is 0 Å². The van der Waals surface area contributed by atoms with Crippen molar-refractivity contribution < 1.29 is 46.3 Å². The zero-order chi connectivity index (χ0) is 67.0. The molecule has 1 aliphatic rings. The Morgan fingerprint density at radius 2 is 0.828 bits per heavy atom. The van der Waals surface area contributed by atoms with E-state index >= 15 is 0 Å². The maximum Gasteiger partial charge on any atom is 0.259 e. The number of likely N-dealkylation sites (N-methyl/N-ethyl adjacent to an activating group) is 1. The van der Waals surface area contributed by atoms with E-state index in [0.717, 1.165) is 60.9 Å². The van der Waals surface area contributed by atoms with Crippen molar-refractivity contribution in [2.45, 2.75) is 0 Å². The summed E-state index contributed by atoms with van der Waals surface area (Å²) in [5.74, 6) is -5.09. The summed E-state index contributed by atoms with van der Waals surface area (Å²) >= 11 is 17.3. The Hall–Kier alpha value is -11.4. The van der Waals surface area contributed by atoms with Crippen molar-refractivity contribution in [2.75, 3.05) is 66.1 Å². The molecule has 0 saturated carbocycles. The van der Waals surface area contributed by atoms with Crippen LogP contribution >= 0.6 is 34.8 Å². The minimum atomic E-state index is -0.843. The Morgan fingerprint density at radius 3 is 1.17 bits per heavy atom. The lowest BCUT2D eigenvalue weighted by Crippen LogP contribution is -2.23. The molecule has 1 aliphatic heterocycles. The van der Waals surface area contributed by atoms with Crippen molar-refractivity contribution in [3.8, 4) is 0 Å². The molecule has 0 aliphatic carbocycles. The Kier molecular flexibility index (Phi) is 22.4. The second-order valence-corrected chi connectivity index (χ2v) is 21.3. The number of pyridine rings is 3. The first-order valence-electron chi connectivity index (χ1n) is 27.4. The third kappa shape index (κ3) is 18.4. The van der Waals surface area contributed by atoms with Gasteiger partial charge in [0.05, 0.1) is 60.9 Å². The number of rotatable bonds is 15. The van der Waals surface area contributed by atoms with E-state index in [0.29, 0.717) is 31.8 Å². The molecular weight excluding hydrogens is 1270 g/mol. The number of nitrogens with zero attached hydrogens (tertiary/aromatic N) is 6. The lowest BCUT2D eigenvalue weighted by atomic mass is 10.1. The number of nitrogens with two attached hydrogens (primary N) is 1. The standard InChI is InChI=1S/C23H19ClFN5O2.C22H18ClF2N5O2.C20H15ClFN5O2/c1-30-11-10-26-21(30)14-2-4-15(5-3-14)22(31)28-19-8-7-17(25)12-18(19)23(32)29-20-9-6-16(24)13-27-20;1-30(2)20(26)12-3-6-15(17(25)9-12)21(31)28-18-7-5-14(24)10-16(18)22(32)29-19-8-4-13(23)11-27-19;21-13-5-8-17(25-10-13)27-20(29)15-9-14(22)6-7-16(15)26-19(28)12-3-1-11(2-4-12)18(23)24/h2-9,12-13H,10-11H2,1H3,(H,28,31)(H,27,29,32);3-11,26H,1-2H3,(H,28,31)(H,27,29,32);1-10H,(H3,23,24)(H,26,28)(H,25,27,29). The maximum absolute atomic E-state index is 14.5. The molecule has 9 aromatic rings. The molecule has 0 saturated heterocycles. The summed E-state index contributed by atoms with van der Waals surface area (Å²) in [7, 11) is 5.25. The van der Waals surface area contributed by atoms with Crippen LogP contribution in [0.1, 0.15) is 78.8 Å². The normalized spacial score (nSPS) is 11.2. The van der Waals surface area contributed by atoms with Crippen molar-refractivity contribution >= 4 is 122 Å². The highest BCUT2D eigenvalue weighted by Gasteiger charge is 2.22. The molecule has 6 amide bonds. The summed E-state index contributed by atoms with van der Waals surface area (Å²) in [6.45, 7) is 1.60. The van der Waals surface area contributed by atoms with Gasteiger partial charge in [0.1, 0.15) is 58.2 Å². The number of amidine groups is 3. The fourth-order valence-electron chi connectivity index (χ4n) is 8.44. The van der Waals surface area contributed by atoms with Crippen LogP contribution < -0.4 is 37.6 Å². The van der Waals surface area contributed by atoms with Gasteiger partial charge in [-0.15, -0.1) is 0 Å². The molecule has 0 atom stereocenters. The minimum absolute atomic E-state index is 0.0209. The predicted molar refractivity (Wildman–Crippen MR) is 350 cm³/mol. The number of nitrogen functional groups attached to an aromatic ring is 1. The predicted octanol–water partition coefficient (Wildman–Crippen LogP) is 12.1. The number of anilines is 6. The molecule has 0 bridgehead atoms. The number of hydrogen-bond donors (Lipinski definition) is 9. The first-order chi connectivity index (χ1) is 44.4. The van der Waals surface area contributed by atoms with Crippen molar-refractivity contribution in [3.63, 3.8) is 0 Å². The molecule has 10 N–H and O–H groups in total. The van der Waals surface area contributed by atoms with Crippen LogP contribution in [0.5, 0.6) is 0 Å². The third-order valence-electron chi connectivity index (χ3n) is 13.2. The molecule has 472 valence electrons. The second-order valence-electron chi connectivity index (χ2n) is 20.0. The van der Waals surface area contributed by atoms with Crippen molar-refractivity contribution in [2.24, 2.45) is 10.7 Å². The van der Waals surface area contributed by atoms with Gasteiger partial charge in [0.25, 0.3) is 35.4 Å². The second kappa shape index (κ2) is 30.9. The van der Waals surface area contributed by atoms with E-state index in [4.69, 9.17) is 51.4 Å². The number of hydrogen-bond acceptors (Lipinski definition) is 13. The molecule has 93 heavy (non-hydrogen) atoms. The SMILES string of the molecule is CN(C)C(=N)c1ccc(C(=O)Nc2ccc(F)cc2C(=O)Nc2ccc(Cl)cn2)c(F)c1.CN1CCN=C1c1ccc(C(=O)Nc2ccc(F)cc2C(=O)Nc2ccc(Cl)cn2)cc1.N=C(N)c1ccc(C(=O)Nc2ccc(F)cc2C(=O)Nc2ccc(Cl)cn2)cc1. The van der Waals surface area contributed by atoms with Crippen LogP contribution in [-0.4, -0.2) is 112 Å². The summed E-state index contributed by atoms with van der Waals surface area (Å²) in [4.78, 5) is 95.7. The highest BCUT2D eigenvalue weighted by Crippen LogP contribution is 2.25. The number of carbonyl (C=O) groups is 6. The Bertz CT molecular complexity index is 4360. The van der Waals surface area contributed by atoms with Gasteiger partial charge in [-0.05, 0) is 127 Å². The molecule has 0 unspecified atom stereocenters. The van der Waals surface area contributed by atoms with E-state index in [1.165, 1.54) is 108 Å². The van der Waals surface area contributed by atoms with Gasteiger partial charge in [0, 0.05) is 74.1 Å². The molecular formula is C65H52Cl3F4N15O6. The highest BCUT2D eigenvalue weighted by molar-refractivity contribution is 6.31. The topological polar surface area (TPSA) is 306 Å². The molecule has 3 aromatic heterocycles. The van der Waals surface area contributed by atoms with Gasteiger partial charge in [-0.1, -0.05) is 65.1 Å². The van der Waals surface area contributed by atoms with Crippen LogP contribution in [0.2, 0.25) is 15.1 Å². The molecule has 28 heteroatoms. The average Bonchev–Trinajstić information content (AvgIpc) is 2.62. The minimum Gasteiger partial charge on any atom is -0.384 e. The molecule has 6 aromatic carbocycles. The van der Waals surface area contributed by atoms with Gasteiger partial charge in [0.2, 0.25) is 0 Å². The van der Waals surface area contributed by atoms with Gasteiger partial charge >= 0.3 is 0 Å². The fourth-order valence-corrected chi connectivity index (χ4v) is 8.77. The molecule has 10 rings (SSSR count). The number of aliphatic imine (C=N–C) groups is 1. The number of halogens is 7. The van der Waals surface area contributed by atoms with Crippen LogP contribution in [0.3, 0.4) is 0 Å². The molecule has 0 radical (unpaired) electrons. The van der Waals surface area contributed by atoms with Gasteiger partial charge < -0.3 is 47.4 Å². The van der Waals surface area contributed by atoms with Crippen molar-refractivity contribution in [1.29, 1.82) is 10.8 Å². The average molecular weight is 1320 g/mol. The van der Waals surface area contributed by atoms with E-state index < -0.39 is 58.7 Å². The van der Waals surface area contributed by atoms with Gasteiger partial charge in [-0.25, -0.2) is 32.5 Å². The summed E-state index contributed by atoms with van der Waals surface area (Å²) in [6.07, 6.45) is 4.06. The Balaban J connectivity index is 0.000000180. The summed E-state index contributed by atoms with van der Waals surface area (Å²) in [5, 5.41) is 31.7. The lowest BCUT2D eigenvalue weighted by Gasteiger charge is -2.15. The lowest BCUT2D eigenvalue weighted by molar-refractivity contribution is 0.100. The smallest absolute Gasteiger partial charge is 0.259 e. The maximum atomic E-state index is 14.5. The number of amides is 6. The molecule has 4 heterocycles. The van der Waals surface area contributed by atoms with Crippen LogP contribution in [0.25, 0.3) is 0 Å². The third-order valence-corrected chi connectivity index (χ3v) is 13.9. The number of aromatic nitrogens is 3. The summed E-state index contributed by atoms with van der Waals surface area (Å²) < 4.78 is 55.9. The van der Waals surface area contributed by atoms with E-state index in [2.05, 4.69) is 51.8 Å². The van der Waals surface area contributed by atoms with Gasteiger partial charge in [0.15, 0.2) is 0 Å². The fraction of sp³-hybridized carbons (Fsp3) is 0.0769. The number of nitrogens with one attached hydrogen (secondary N) is 8. The molecule has 21 nitrogen and oxygen atoms in total. The Morgan fingerprint density at radius 1 is 0.462 bits per heavy atom. The summed E-state index contributed by atoms with van der Waals surface area (Å²) in [5.41, 5.74) is 7.44. The Labute approximate surface area is 543 Å². The zero-order valence-electron chi connectivity index (χ0n) is 49.0. The molecule has 0 spiro atoms. The van der Waals surface area contributed by atoms with Crippen LogP contribution in [0.4, 0.5) is 52.1 Å². The monoisotopic (exact) mass is 1320 g/mol. The van der Waals surface area contributed by atoms with Gasteiger partial charge in [-0.2, -0.15) is 0 Å². The zero-order valence-corrected chi connectivity index (χ0v) is 51.3. The van der Waals surface area contributed by atoms with Crippen molar-refractivity contribution in [1.82, 2.24) is 24.8 Å². The number of benzene rings is 6. The van der Waals surface area contributed by atoms with Gasteiger partial charge in [-0.3, -0.25) is 44.6 Å². The van der Waals surface area contributed by atoms with Crippen LogP contribution in [0.15, 0.2) is 181 Å². The molecule has 0 fully saturated rings. The first kappa shape index (κ1) is 67.5. The van der Waals surface area contributed by atoms with E-state index in [1.54, 1.807) is 38.4 Å². The summed E-state index contributed by atoms with van der Waals surface area (Å²) in [6, 6.07) is 36.1. The van der Waals surface area contributed by atoms with Crippen molar-refractivity contribution in [3.05, 3.63) is 265 Å². The van der Waals surface area contributed by atoms with E-state index in [-0.39, 0.29) is 74.0 Å². The largest absolute Gasteiger partial charge is 0.384 e. The highest BCUT2D eigenvalue weighted by atomic mass is 35.5. The van der Waals surface area contributed by atoms with Crippen LogP contribution in [0, 0.1) is 34.1 Å². The first-order valence-corrected chi connectivity index (χ1v) is 28.5. The number of carbonyl (C=O) groups excluding carboxylic acids is 6.